The van der Waals surface area contributed by atoms with Crippen LogP contribution in [0.5, 0.6) is 0 Å². The second-order valence-electron chi connectivity index (χ2n) is 18.3. The lowest BCUT2D eigenvalue weighted by molar-refractivity contribution is -0.138. The van der Waals surface area contributed by atoms with Gasteiger partial charge in [-0.2, -0.15) is 0 Å². The van der Waals surface area contributed by atoms with Crippen molar-refractivity contribution in [3.8, 4) is 0 Å². The maximum absolute atomic E-state index is 14.0. The molecule has 13 heteroatoms. The number of hydrogen-bond donors (Lipinski definition) is 1. The van der Waals surface area contributed by atoms with E-state index in [1.54, 1.807) is 0 Å². The molecule has 0 aromatic heterocycles. The summed E-state index contributed by atoms with van der Waals surface area (Å²) in [5.41, 5.74) is 0.430. The third-order valence-corrected chi connectivity index (χ3v) is 11.6. The lowest BCUT2D eigenvalue weighted by Crippen LogP contribution is -2.50. The van der Waals surface area contributed by atoms with E-state index >= 15 is 0 Å². The van der Waals surface area contributed by atoms with Gasteiger partial charge in [-0.05, 0) is 116 Å². The molecular weight excluding hydrogens is 721 g/mol. The van der Waals surface area contributed by atoms with E-state index in [0.29, 0.717) is 106 Å². The van der Waals surface area contributed by atoms with Gasteiger partial charge in [0.05, 0.1) is 12.1 Å². The van der Waals surface area contributed by atoms with Crippen LogP contribution in [-0.2, 0) is 19.2 Å². The molecule has 0 aromatic carbocycles. The van der Waals surface area contributed by atoms with Crippen molar-refractivity contribution in [3.63, 3.8) is 0 Å². The molecule has 2 heterocycles. The topological polar surface area (TPSA) is 114 Å². The largest absolute Gasteiger partial charge is 0.510 e. The van der Waals surface area contributed by atoms with Gasteiger partial charge in [-0.1, -0.05) is 0 Å². The van der Waals surface area contributed by atoms with Crippen molar-refractivity contribution in [1.29, 1.82) is 0 Å². The highest BCUT2D eigenvalue weighted by Crippen LogP contribution is 2.28. The summed E-state index contributed by atoms with van der Waals surface area (Å²) in [7, 11) is 0. The standard InChI is InChI=1S/C44H82N8O5/c1-30(2)49(31(3)4)21-17-45(18-22-50(32(5)6)33(7)8)41(55)28-47-26-38(25-40(47)54)43-39(53)27-48(44(43)57)29-42(56)46(19-23-51(34(9)10)35(11)12)20-24-52(36(13)14)37(15)16/h25,30-37,53H,17-24,26-29H2,1-16H3. The molecule has 0 saturated carbocycles. The zero-order valence-corrected chi connectivity index (χ0v) is 38.8. The summed E-state index contributed by atoms with van der Waals surface area (Å²) in [5.74, 6) is -1.33. The lowest BCUT2D eigenvalue weighted by atomic mass is 10.1. The summed E-state index contributed by atoms with van der Waals surface area (Å²) in [5, 5.41) is 11.1. The molecule has 0 aliphatic carbocycles. The van der Waals surface area contributed by atoms with Gasteiger partial charge in [-0.3, -0.25) is 38.8 Å². The van der Waals surface area contributed by atoms with Gasteiger partial charge in [-0.25, -0.2) is 0 Å². The van der Waals surface area contributed by atoms with E-state index in [2.05, 4.69) is 130 Å². The van der Waals surface area contributed by atoms with Gasteiger partial charge in [0.1, 0.15) is 18.8 Å². The van der Waals surface area contributed by atoms with Crippen LogP contribution in [0.2, 0.25) is 0 Å². The zero-order valence-electron chi connectivity index (χ0n) is 38.8. The number of aliphatic hydroxyl groups is 1. The summed E-state index contributed by atoms with van der Waals surface area (Å²) in [4.78, 5) is 71.1. The summed E-state index contributed by atoms with van der Waals surface area (Å²) in [6, 6.07) is 2.53. The van der Waals surface area contributed by atoms with Crippen LogP contribution >= 0.6 is 0 Å². The van der Waals surface area contributed by atoms with Crippen LogP contribution in [0.25, 0.3) is 0 Å². The van der Waals surface area contributed by atoms with Crippen LogP contribution in [0.3, 0.4) is 0 Å². The Kier molecular flexibility index (Phi) is 20.2. The van der Waals surface area contributed by atoms with E-state index in [0.717, 1.165) is 0 Å². The monoisotopic (exact) mass is 803 g/mol. The Labute approximate surface area is 347 Å². The van der Waals surface area contributed by atoms with Crippen LogP contribution in [0.15, 0.2) is 23.0 Å². The molecule has 0 aromatic rings. The molecule has 1 N–H and O–H groups in total. The van der Waals surface area contributed by atoms with Crippen LogP contribution in [-0.4, -0.2) is 195 Å². The van der Waals surface area contributed by atoms with Gasteiger partial charge in [-0.15, -0.1) is 0 Å². The van der Waals surface area contributed by atoms with Gasteiger partial charge >= 0.3 is 0 Å². The van der Waals surface area contributed by atoms with E-state index in [9.17, 15) is 24.3 Å². The van der Waals surface area contributed by atoms with Crippen LogP contribution in [0, 0.1) is 0 Å². The number of rotatable bonds is 25. The molecule has 0 unspecified atom stereocenters. The molecule has 2 aliphatic heterocycles. The Morgan fingerprint density at radius 2 is 0.807 bits per heavy atom. The first-order chi connectivity index (χ1) is 26.5. The van der Waals surface area contributed by atoms with E-state index in [4.69, 9.17) is 0 Å². The van der Waals surface area contributed by atoms with E-state index in [1.165, 1.54) is 15.9 Å². The molecule has 0 spiro atoms. The minimum Gasteiger partial charge on any atom is -0.510 e. The van der Waals surface area contributed by atoms with Gasteiger partial charge < -0.3 is 24.7 Å². The second-order valence-corrected chi connectivity index (χ2v) is 18.3. The number of carbonyl (C=O) groups excluding carboxylic acids is 4. The number of carbonyl (C=O) groups is 4. The van der Waals surface area contributed by atoms with E-state index in [1.807, 2.05) is 9.80 Å². The Hall–Kier alpha value is -3.00. The fraction of sp³-hybridized carbons (Fsp3) is 0.818. The maximum Gasteiger partial charge on any atom is 0.258 e. The third-order valence-electron chi connectivity index (χ3n) is 11.6. The molecule has 0 fully saturated rings. The highest BCUT2D eigenvalue weighted by molar-refractivity contribution is 6.06. The van der Waals surface area contributed by atoms with Crippen molar-refractivity contribution < 1.29 is 24.3 Å². The first-order valence-electron chi connectivity index (χ1n) is 21.8. The summed E-state index contributed by atoms with van der Waals surface area (Å²) < 4.78 is 0. The molecule has 0 atom stereocenters. The molecular formula is C44H82N8O5. The highest BCUT2D eigenvalue weighted by Gasteiger charge is 2.38. The van der Waals surface area contributed by atoms with Gasteiger partial charge in [0.2, 0.25) is 17.7 Å². The Morgan fingerprint density at radius 1 is 0.509 bits per heavy atom. The van der Waals surface area contributed by atoms with Crippen molar-refractivity contribution in [1.82, 2.24) is 39.2 Å². The van der Waals surface area contributed by atoms with Crippen molar-refractivity contribution in [2.24, 2.45) is 0 Å². The highest BCUT2D eigenvalue weighted by atomic mass is 16.3. The molecule has 2 rings (SSSR count). The Balaban J connectivity index is 2.20. The van der Waals surface area contributed by atoms with Crippen molar-refractivity contribution in [2.45, 2.75) is 159 Å². The van der Waals surface area contributed by atoms with Crippen LogP contribution in [0.4, 0.5) is 0 Å². The first kappa shape index (κ1) is 50.1. The number of aliphatic hydroxyl groups excluding tert-OH is 1. The second kappa shape index (κ2) is 23.0. The Morgan fingerprint density at radius 3 is 1.11 bits per heavy atom. The molecule has 0 saturated heterocycles. The minimum atomic E-state index is -0.475. The van der Waals surface area contributed by atoms with Crippen LogP contribution in [0.1, 0.15) is 111 Å². The fourth-order valence-electron chi connectivity index (χ4n) is 8.56. The molecule has 2 aliphatic rings. The molecule has 57 heavy (non-hydrogen) atoms. The van der Waals surface area contributed by atoms with Crippen molar-refractivity contribution in [3.05, 3.63) is 23.0 Å². The molecule has 328 valence electrons. The molecule has 13 nitrogen and oxygen atoms in total. The van der Waals surface area contributed by atoms with Gasteiger partial charge in [0, 0.05) is 113 Å². The van der Waals surface area contributed by atoms with Gasteiger partial charge in [0.25, 0.3) is 5.91 Å². The third kappa shape index (κ3) is 14.7. The van der Waals surface area contributed by atoms with Crippen LogP contribution < -0.4 is 0 Å². The fourth-order valence-corrected chi connectivity index (χ4v) is 8.56. The molecule has 0 bridgehead atoms. The van der Waals surface area contributed by atoms with E-state index in [-0.39, 0.29) is 55.2 Å². The quantitative estimate of drug-likeness (QED) is 0.142. The summed E-state index contributed by atoms with van der Waals surface area (Å²) in [6.45, 7) is 39.1. The number of hydrogen-bond acceptors (Lipinski definition) is 9. The number of amides is 4. The average molecular weight is 803 g/mol. The minimum absolute atomic E-state index is 0.0339. The summed E-state index contributed by atoms with van der Waals surface area (Å²) in [6.07, 6.45) is 1.36. The SMILES string of the molecule is CC(C)N(CCN(CCN(C(C)C)C(C)C)C(=O)CN1CC(C2=C(O)CN(CC(=O)N(CCN(C(C)C)C(C)C)CCN(C(C)C)C(C)C)C2=O)=CC1=O)C(C)C. The predicted molar refractivity (Wildman–Crippen MR) is 232 cm³/mol. The smallest absolute Gasteiger partial charge is 0.258 e. The normalized spacial score (nSPS) is 15.6. The Bertz CT molecular complexity index is 1310. The zero-order chi connectivity index (χ0) is 43.5. The van der Waals surface area contributed by atoms with Crippen molar-refractivity contribution in [2.75, 3.05) is 78.5 Å². The van der Waals surface area contributed by atoms with Crippen molar-refractivity contribution >= 4 is 23.6 Å². The maximum atomic E-state index is 14.0. The number of nitrogens with zero attached hydrogens (tertiary/aromatic N) is 8. The molecule has 4 amide bonds. The lowest BCUT2D eigenvalue weighted by Gasteiger charge is -2.36. The summed E-state index contributed by atoms with van der Waals surface area (Å²) >= 11 is 0. The van der Waals surface area contributed by atoms with Gasteiger partial charge in [0.15, 0.2) is 0 Å². The first-order valence-corrected chi connectivity index (χ1v) is 21.8. The van der Waals surface area contributed by atoms with E-state index < -0.39 is 5.91 Å². The average Bonchev–Trinajstić information content (AvgIpc) is 3.57. The predicted octanol–water partition coefficient (Wildman–Crippen LogP) is 4.54. The molecule has 0 radical (unpaired) electrons.